The van der Waals surface area contributed by atoms with Crippen LogP contribution in [-0.2, 0) is 0 Å². The van der Waals surface area contributed by atoms with Crippen molar-refractivity contribution >= 4 is 49.5 Å². The van der Waals surface area contributed by atoms with Crippen LogP contribution in [0.1, 0.15) is 16.8 Å². The Hall–Kier alpha value is -6.25. The predicted octanol–water partition coefficient (Wildman–Crippen LogP) is 11.7. The number of benzene rings is 7. The van der Waals surface area contributed by atoms with Crippen molar-refractivity contribution in [3.63, 3.8) is 0 Å². The van der Waals surface area contributed by atoms with E-state index in [-0.39, 0.29) is 0 Å². The van der Waals surface area contributed by atoms with Crippen LogP contribution in [0.15, 0.2) is 164 Å². The summed E-state index contributed by atoms with van der Waals surface area (Å²) in [6.07, 6.45) is 2.33. The van der Waals surface area contributed by atoms with Crippen LogP contribution in [0.3, 0.4) is 0 Å². The second-order valence-corrected chi connectivity index (χ2v) is 12.4. The minimum Gasteiger partial charge on any atom is -0.231 e. The van der Waals surface area contributed by atoms with Crippen molar-refractivity contribution < 1.29 is 0 Å². The van der Waals surface area contributed by atoms with Gasteiger partial charge < -0.3 is 0 Å². The first kappa shape index (κ1) is 26.0. The maximum Gasteiger partial charge on any atom is 0.102 e. The van der Waals surface area contributed by atoms with E-state index in [1.54, 1.807) is 0 Å². The molecule has 2 heteroatoms. The van der Waals surface area contributed by atoms with Crippen molar-refractivity contribution in [2.24, 2.45) is 0 Å². The molecule has 0 saturated carbocycles. The quantitative estimate of drug-likeness (QED) is 0.198. The van der Waals surface area contributed by atoms with Gasteiger partial charge in [-0.25, -0.2) is 4.52 Å². The molecule has 47 heavy (non-hydrogen) atoms. The smallest absolute Gasteiger partial charge is 0.102 e. The standard InChI is InChI=1S/C45H28N2/c1-3-13-29(14-4-1)38-25-32-17-7-8-18-33(32)26-39(38)41-28-34-19-9-10-23-36(34)45-43(31-15-5-2-6-16-31)44(46-47(41)45)40-27-35-22-11-20-30-21-12-24-37(40)42(30)35/h1-28H. The van der Waals surface area contributed by atoms with Gasteiger partial charge in [-0.1, -0.05) is 146 Å². The SMILES string of the molecule is C1=C(c2nn3c(-c4cc5ccccc5cc4-c4ccccc4)cc4ccccc4c3c2-c2ccccc2)c2cccc3cccc1c23. The molecule has 0 fully saturated rings. The number of nitrogens with zero attached hydrogens (tertiary/aromatic N) is 2. The number of fused-ring (bicyclic) bond motifs is 4. The summed E-state index contributed by atoms with van der Waals surface area (Å²) in [6, 6.07) is 59.1. The zero-order valence-electron chi connectivity index (χ0n) is 25.6. The van der Waals surface area contributed by atoms with Gasteiger partial charge in [-0.2, -0.15) is 5.10 Å². The van der Waals surface area contributed by atoms with Crippen LogP contribution in [0.2, 0.25) is 0 Å². The van der Waals surface area contributed by atoms with Gasteiger partial charge in [0.05, 0.1) is 11.2 Å². The van der Waals surface area contributed by atoms with Gasteiger partial charge in [0.1, 0.15) is 5.69 Å². The summed E-state index contributed by atoms with van der Waals surface area (Å²) in [7, 11) is 0. The van der Waals surface area contributed by atoms with Crippen LogP contribution in [0.25, 0.3) is 83.0 Å². The molecule has 0 unspecified atom stereocenters. The zero-order chi connectivity index (χ0) is 30.9. The van der Waals surface area contributed by atoms with Crippen molar-refractivity contribution in [2.75, 3.05) is 0 Å². The fourth-order valence-electron chi connectivity index (χ4n) is 7.60. The van der Waals surface area contributed by atoms with Crippen LogP contribution in [-0.4, -0.2) is 9.61 Å². The first-order chi connectivity index (χ1) is 23.3. The lowest BCUT2D eigenvalue weighted by atomic mass is 9.92. The summed E-state index contributed by atoms with van der Waals surface area (Å²) in [4.78, 5) is 0. The van der Waals surface area contributed by atoms with E-state index in [4.69, 9.17) is 5.10 Å². The van der Waals surface area contributed by atoms with Crippen molar-refractivity contribution in [3.8, 4) is 33.5 Å². The third-order valence-corrected chi connectivity index (χ3v) is 9.71. The molecule has 218 valence electrons. The van der Waals surface area contributed by atoms with Gasteiger partial charge >= 0.3 is 0 Å². The predicted molar refractivity (Wildman–Crippen MR) is 197 cm³/mol. The van der Waals surface area contributed by atoms with Crippen molar-refractivity contribution in [2.45, 2.75) is 0 Å². The topological polar surface area (TPSA) is 17.3 Å². The highest BCUT2D eigenvalue weighted by Crippen LogP contribution is 2.46. The lowest BCUT2D eigenvalue weighted by Crippen LogP contribution is -1.98. The Morgan fingerprint density at radius 1 is 0.447 bits per heavy atom. The minimum atomic E-state index is 1.000. The van der Waals surface area contributed by atoms with E-state index in [0.29, 0.717) is 0 Å². The van der Waals surface area contributed by atoms with Crippen LogP contribution in [0.4, 0.5) is 0 Å². The third-order valence-electron chi connectivity index (χ3n) is 9.71. The van der Waals surface area contributed by atoms with Crippen molar-refractivity contribution in [1.82, 2.24) is 9.61 Å². The number of pyridine rings is 1. The molecule has 0 aliphatic heterocycles. The van der Waals surface area contributed by atoms with Gasteiger partial charge in [-0.3, -0.25) is 0 Å². The molecule has 0 saturated heterocycles. The number of aromatic nitrogens is 2. The lowest BCUT2D eigenvalue weighted by molar-refractivity contribution is 0.965. The van der Waals surface area contributed by atoms with Crippen LogP contribution < -0.4 is 0 Å². The summed E-state index contributed by atoms with van der Waals surface area (Å²) in [5.74, 6) is 0. The molecule has 0 spiro atoms. The molecule has 0 radical (unpaired) electrons. The summed E-state index contributed by atoms with van der Waals surface area (Å²) in [5.41, 5.74) is 12.7. The van der Waals surface area contributed by atoms with E-state index in [1.807, 2.05) is 0 Å². The number of rotatable bonds is 4. The highest BCUT2D eigenvalue weighted by atomic mass is 15.2. The minimum absolute atomic E-state index is 1.000. The van der Waals surface area contributed by atoms with Gasteiger partial charge in [0.25, 0.3) is 0 Å². The maximum atomic E-state index is 5.63. The Bertz CT molecular complexity index is 2710. The molecule has 2 heterocycles. The molecule has 7 aromatic carbocycles. The molecule has 9 aromatic rings. The van der Waals surface area contributed by atoms with Gasteiger partial charge in [-0.15, -0.1) is 0 Å². The van der Waals surface area contributed by atoms with Gasteiger partial charge in [0.2, 0.25) is 0 Å². The second-order valence-electron chi connectivity index (χ2n) is 12.4. The van der Waals surface area contributed by atoms with Crippen molar-refractivity contribution in [3.05, 3.63) is 181 Å². The molecule has 1 aliphatic rings. The fraction of sp³-hybridized carbons (Fsp3) is 0. The summed E-state index contributed by atoms with van der Waals surface area (Å²) < 4.78 is 2.22. The summed E-state index contributed by atoms with van der Waals surface area (Å²) in [6.45, 7) is 0. The van der Waals surface area contributed by atoms with Gasteiger partial charge in [0.15, 0.2) is 0 Å². The molecule has 0 amide bonds. The Labute approximate surface area is 272 Å². The van der Waals surface area contributed by atoms with E-state index in [2.05, 4.69) is 174 Å². The molecule has 0 bridgehead atoms. The highest BCUT2D eigenvalue weighted by molar-refractivity contribution is 6.16. The average molecular weight is 597 g/mol. The molecular weight excluding hydrogens is 569 g/mol. The molecule has 2 aromatic heterocycles. The first-order valence-corrected chi connectivity index (χ1v) is 16.1. The van der Waals surface area contributed by atoms with E-state index in [0.717, 1.165) is 39.2 Å². The zero-order valence-corrected chi connectivity index (χ0v) is 25.6. The van der Waals surface area contributed by atoms with E-state index in [9.17, 15) is 0 Å². The van der Waals surface area contributed by atoms with Crippen LogP contribution in [0, 0.1) is 0 Å². The van der Waals surface area contributed by atoms with Crippen molar-refractivity contribution in [1.29, 1.82) is 0 Å². The Balaban J connectivity index is 1.37. The van der Waals surface area contributed by atoms with Gasteiger partial charge in [0, 0.05) is 22.1 Å². The second kappa shape index (κ2) is 10.1. The molecule has 1 aliphatic carbocycles. The summed E-state index contributed by atoms with van der Waals surface area (Å²) in [5, 5.41) is 13.0. The maximum absolute atomic E-state index is 5.63. The number of hydrogen-bond donors (Lipinski definition) is 0. The Morgan fingerprint density at radius 2 is 1.06 bits per heavy atom. The first-order valence-electron chi connectivity index (χ1n) is 16.1. The molecule has 2 nitrogen and oxygen atoms in total. The van der Waals surface area contributed by atoms with Crippen LogP contribution >= 0.6 is 0 Å². The lowest BCUT2D eigenvalue weighted by Gasteiger charge is -2.15. The normalized spacial score (nSPS) is 12.4. The highest BCUT2D eigenvalue weighted by Gasteiger charge is 2.27. The molecular formula is C45H28N2. The van der Waals surface area contributed by atoms with E-state index in [1.165, 1.54) is 54.6 Å². The van der Waals surface area contributed by atoms with E-state index >= 15 is 0 Å². The average Bonchev–Trinajstić information content (AvgIpc) is 3.72. The van der Waals surface area contributed by atoms with Gasteiger partial charge in [-0.05, 0) is 79.0 Å². The molecule has 0 N–H and O–H groups in total. The number of hydrogen-bond acceptors (Lipinski definition) is 1. The van der Waals surface area contributed by atoms with Crippen LogP contribution in [0.5, 0.6) is 0 Å². The largest absolute Gasteiger partial charge is 0.231 e. The molecule has 10 rings (SSSR count). The fourth-order valence-corrected chi connectivity index (χ4v) is 7.60. The third kappa shape index (κ3) is 3.95. The Kier molecular flexibility index (Phi) is 5.61. The van der Waals surface area contributed by atoms with E-state index < -0.39 is 0 Å². The monoisotopic (exact) mass is 596 g/mol. The Morgan fingerprint density at radius 3 is 1.83 bits per heavy atom. The molecule has 0 atom stereocenters. The summed E-state index contributed by atoms with van der Waals surface area (Å²) >= 11 is 0.